The molecule has 0 spiro atoms. The van der Waals surface area contributed by atoms with Gasteiger partial charge in [-0.05, 0) is 43.4 Å². The number of hydrogen-bond donors (Lipinski definition) is 1. The molecular weight excluding hydrogens is 340 g/mol. The quantitative estimate of drug-likeness (QED) is 0.741. The highest BCUT2D eigenvalue weighted by Gasteiger charge is 2.14. The van der Waals surface area contributed by atoms with Crippen LogP contribution >= 0.6 is 0 Å². The van der Waals surface area contributed by atoms with Gasteiger partial charge in [0, 0.05) is 56.7 Å². The van der Waals surface area contributed by atoms with Crippen LogP contribution in [-0.2, 0) is 0 Å². The molecule has 7 nitrogen and oxygen atoms in total. The first-order valence-corrected chi connectivity index (χ1v) is 9.28. The van der Waals surface area contributed by atoms with Gasteiger partial charge in [0.25, 0.3) is 5.91 Å². The zero-order chi connectivity index (χ0) is 18.6. The summed E-state index contributed by atoms with van der Waals surface area (Å²) in [6, 6.07) is 11.3. The third kappa shape index (κ3) is 3.99. The highest BCUT2D eigenvalue weighted by atomic mass is 16.1. The summed E-state index contributed by atoms with van der Waals surface area (Å²) in [4.78, 5) is 25.8. The molecule has 3 heterocycles. The minimum Gasteiger partial charge on any atom is -0.351 e. The molecule has 1 aliphatic heterocycles. The molecule has 1 aromatic carbocycles. The number of benzene rings is 1. The van der Waals surface area contributed by atoms with Crippen molar-refractivity contribution < 1.29 is 4.79 Å². The summed E-state index contributed by atoms with van der Waals surface area (Å²) < 4.78 is 1.92. The lowest BCUT2D eigenvalue weighted by molar-refractivity contribution is 0.0941. The first kappa shape index (κ1) is 17.6. The molecule has 0 aliphatic carbocycles. The van der Waals surface area contributed by atoms with Crippen molar-refractivity contribution in [3.8, 4) is 5.69 Å². The van der Waals surface area contributed by atoms with Gasteiger partial charge in [-0.1, -0.05) is 0 Å². The Bertz CT molecular complexity index is 912. The minimum atomic E-state index is -0.0377. The number of amides is 1. The summed E-state index contributed by atoms with van der Waals surface area (Å²) in [5.41, 5.74) is 3.25. The fourth-order valence-electron chi connectivity index (χ4n) is 3.31. The first-order valence-electron chi connectivity index (χ1n) is 9.28. The van der Waals surface area contributed by atoms with Gasteiger partial charge >= 0.3 is 0 Å². The van der Waals surface area contributed by atoms with E-state index in [1.165, 1.54) is 0 Å². The number of nitrogens with zero attached hydrogens (tertiary/aromatic N) is 5. The molecule has 1 fully saturated rings. The van der Waals surface area contributed by atoms with Crippen molar-refractivity contribution in [2.75, 3.05) is 46.3 Å². The lowest BCUT2D eigenvalue weighted by atomic mass is 10.2. The maximum absolute atomic E-state index is 12.4. The van der Waals surface area contributed by atoms with E-state index in [4.69, 9.17) is 0 Å². The summed E-state index contributed by atoms with van der Waals surface area (Å²) in [6.45, 7) is 5.87. The number of aromatic nitrogens is 3. The lowest BCUT2D eigenvalue weighted by Gasteiger charge is -2.32. The predicted octanol–water partition coefficient (Wildman–Crippen LogP) is 1.40. The molecule has 140 valence electrons. The monoisotopic (exact) mass is 364 g/mol. The Morgan fingerprint density at radius 3 is 2.63 bits per heavy atom. The number of rotatable bonds is 5. The lowest BCUT2D eigenvalue weighted by Crippen LogP contribution is -2.46. The fraction of sp³-hybridized carbons (Fsp3) is 0.350. The Morgan fingerprint density at radius 1 is 1.07 bits per heavy atom. The summed E-state index contributed by atoms with van der Waals surface area (Å²) in [5.74, 6) is -0.0377. The molecule has 3 aromatic rings. The average Bonchev–Trinajstić information content (AvgIpc) is 3.14. The van der Waals surface area contributed by atoms with Gasteiger partial charge in [-0.3, -0.25) is 14.3 Å². The van der Waals surface area contributed by atoms with E-state index in [2.05, 4.69) is 32.1 Å². The van der Waals surface area contributed by atoms with Crippen LogP contribution in [0.4, 0.5) is 0 Å². The smallest absolute Gasteiger partial charge is 0.251 e. The Labute approximate surface area is 158 Å². The van der Waals surface area contributed by atoms with E-state index in [-0.39, 0.29) is 5.91 Å². The molecule has 0 bridgehead atoms. The Morgan fingerprint density at radius 2 is 1.85 bits per heavy atom. The van der Waals surface area contributed by atoms with E-state index >= 15 is 0 Å². The SMILES string of the molecule is CN1CCN(CCNC(=O)c2ccc(-n3cnc4cccnc43)cc2)CC1. The third-order valence-electron chi connectivity index (χ3n) is 5.02. The molecule has 7 heteroatoms. The molecule has 27 heavy (non-hydrogen) atoms. The highest BCUT2D eigenvalue weighted by Crippen LogP contribution is 2.16. The van der Waals surface area contributed by atoms with E-state index in [1.54, 1.807) is 12.5 Å². The van der Waals surface area contributed by atoms with Gasteiger partial charge in [-0.15, -0.1) is 0 Å². The number of pyridine rings is 1. The number of piperazine rings is 1. The van der Waals surface area contributed by atoms with Gasteiger partial charge in [0.15, 0.2) is 5.65 Å². The predicted molar refractivity (Wildman–Crippen MR) is 105 cm³/mol. The van der Waals surface area contributed by atoms with Crippen LogP contribution in [0.15, 0.2) is 48.9 Å². The van der Waals surface area contributed by atoms with Crippen LogP contribution in [0.25, 0.3) is 16.9 Å². The van der Waals surface area contributed by atoms with Crippen molar-refractivity contribution >= 4 is 17.1 Å². The zero-order valence-corrected chi connectivity index (χ0v) is 15.5. The maximum Gasteiger partial charge on any atom is 0.251 e. The van der Waals surface area contributed by atoms with Crippen molar-refractivity contribution in [1.82, 2.24) is 29.7 Å². The second-order valence-electron chi connectivity index (χ2n) is 6.91. The van der Waals surface area contributed by atoms with Crippen molar-refractivity contribution in [2.24, 2.45) is 0 Å². The van der Waals surface area contributed by atoms with Crippen molar-refractivity contribution in [3.63, 3.8) is 0 Å². The second kappa shape index (κ2) is 7.85. The van der Waals surface area contributed by atoms with Crippen molar-refractivity contribution in [1.29, 1.82) is 0 Å². The first-order chi connectivity index (χ1) is 13.2. The van der Waals surface area contributed by atoms with Gasteiger partial charge < -0.3 is 10.2 Å². The standard InChI is InChI=1S/C20H24N6O/c1-24-11-13-25(14-12-24)10-9-22-20(27)16-4-6-17(7-5-16)26-15-23-18-3-2-8-21-19(18)26/h2-8,15H,9-14H2,1H3,(H,22,27). The molecule has 1 saturated heterocycles. The molecule has 1 amide bonds. The van der Waals surface area contributed by atoms with E-state index < -0.39 is 0 Å². The molecule has 0 atom stereocenters. The van der Waals surface area contributed by atoms with Gasteiger partial charge in [-0.2, -0.15) is 0 Å². The van der Waals surface area contributed by atoms with Crippen molar-refractivity contribution in [2.45, 2.75) is 0 Å². The van der Waals surface area contributed by atoms with Crippen LogP contribution < -0.4 is 5.32 Å². The molecule has 4 rings (SSSR count). The normalized spacial score (nSPS) is 15.9. The number of carbonyl (C=O) groups is 1. The number of imidazole rings is 1. The molecular formula is C20H24N6O. The Balaban J connectivity index is 1.35. The van der Waals surface area contributed by atoms with E-state index in [9.17, 15) is 4.79 Å². The topological polar surface area (TPSA) is 66.3 Å². The Kier molecular flexibility index (Phi) is 5.13. The van der Waals surface area contributed by atoms with Gasteiger partial charge in [0.2, 0.25) is 0 Å². The zero-order valence-electron chi connectivity index (χ0n) is 15.5. The van der Waals surface area contributed by atoms with Gasteiger partial charge in [0.1, 0.15) is 11.8 Å². The van der Waals surface area contributed by atoms with Crippen LogP contribution in [0.2, 0.25) is 0 Å². The van der Waals surface area contributed by atoms with Crippen LogP contribution in [0.3, 0.4) is 0 Å². The number of hydrogen-bond acceptors (Lipinski definition) is 5. The van der Waals surface area contributed by atoms with Crippen LogP contribution in [0.1, 0.15) is 10.4 Å². The Hall–Kier alpha value is -2.77. The molecule has 1 N–H and O–H groups in total. The van der Waals surface area contributed by atoms with E-state index in [1.807, 2.05) is 41.0 Å². The van der Waals surface area contributed by atoms with Crippen LogP contribution in [0.5, 0.6) is 0 Å². The second-order valence-corrected chi connectivity index (χ2v) is 6.91. The molecule has 2 aromatic heterocycles. The van der Waals surface area contributed by atoms with Crippen LogP contribution in [0, 0.1) is 0 Å². The number of carbonyl (C=O) groups excluding carboxylic acids is 1. The van der Waals surface area contributed by atoms with Gasteiger partial charge in [-0.25, -0.2) is 9.97 Å². The number of fused-ring (bicyclic) bond motifs is 1. The van der Waals surface area contributed by atoms with E-state index in [0.717, 1.165) is 49.6 Å². The minimum absolute atomic E-state index is 0.0377. The largest absolute Gasteiger partial charge is 0.351 e. The van der Waals surface area contributed by atoms with Crippen molar-refractivity contribution in [3.05, 3.63) is 54.5 Å². The third-order valence-corrected chi connectivity index (χ3v) is 5.02. The summed E-state index contributed by atoms with van der Waals surface area (Å²) >= 11 is 0. The van der Waals surface area contributed by atoms with Crippen LogP contribution in [-0.4, -0.2) is 76.6 Å². The van der Waals surface area contributed by atoms with Gasteiger partial charge in [0.05, 0.1) is 0 Å². The molecule has 0 unspecified atom stereocenters. The highest BCUT2D eigenvalue weighted by molar-refractivity contribution is 5.94. The molecule has 0 saturated carbocycles. The molecule has 1 aliphatic rings. The average molecular weight is 364 g/mol. The number of likely N-dealkylation sites (N-methyl/N-ethyl adjacent to an activating group) is 1. The number of nitrogens with one attached hydrogen (secondary N) is 1. The summed E-state index contributed by atoms with van der Waals surface area (Å²) in [7, 11) is 2.14. The molecule has 0 radical (unpaired) electrons. The summed E-state index contributed by atoms with van der Waals surface area (Å²) in [5, 5.41) is 3.02. The fourth-order valence-corrected chi connectivity index (χ4v) is 3.31. The summed E-state index contributed by atoms with van der Waals surface area (Å²) in [6.07, 6.45) is 3.51. The maximum atomic E-state index is 12.4. The van der Waals surface area contributed by atoms with E-state index in [0.29, 0.717) is 12.1 Å².